The summed E-state index contributed by atoms with van der Waals surface area (Å²) in [5, 5.41) is 0.182. The van der Waals surface area contributed by atoms with Crippen LogP contribution in [0.2, 0.25) is 0 Å². The summed E-state index contributed by atoms with van der Waals surface area (Å²) in [5.41, 5.74) is 4.36. The Morgan fingerprint density at radius 3 is 2.55 bits per heavy atom. The van der Waals surface area contributed by atoms with Crippen molar-refractivity contribution in [2.24, 2.45) is 9.98 Å². The van der Waals surface area contributed by atoms with E-state index in [1.807, 2.05) is 30.3 Å². The van der Waals surface area contributed by atoms with Gasteiger partial charge < -0.3 is 0 Å². The average molecular weight is 303 g/mol. The largest absolute Gasteiger partial charge is 0.227 e. The van der Waals surface area contributed by atoms with Crippen molar-refractivity contribution in [1.29, 1.82) is 0 Å². The Hall–Kier alpha value is -1.64. The summed E-state index contributed by atoms with van der Waals surface area (Å²) in [4.78, 5) is 7.13. The van der Waals surface area contributed by atoms with Crippen molar-refractivity contribution in [3.63, 3.8) is 0 Å². The molecule has 2 nitrogen and oxygen atoms in total. The van der Waals surface area contributed by atoms with Crippen molar-refractivity contribution in [2.75, 3.05) is 0 Å². The van der Waals surface area contributed by atoms with E-state index in [0.717, 1.165) is 11.1 Å². The maximum Gasteiger partial charge on any atom is 0.219 e. The molecule has 2 aromatic carbocycles. The van der Waals surface area contributed by atoms with Gasteiger partial charge in [0, 0.05) is 5.56 Å². The Morgan fingerprint density at radius 2 is 1.85 bits per heavy atom. The molecule has 4 heteroatoms. The van der Waals surface area contributed by atoms with Gasteiger partial charge in [0.15, 0.2) is 5.00 Å². The molecule has 3 rings (SSSR count). The fraction of sp³-hybridized carbons (Fsp3) is 0.125. The van der Waals surface area contributed by atoms with Gasteiger partial charge in [0.05, 0.1) is 6.21 Å². The second-order valence-corrected chi connectivity index (χ2v) is 5.62. The molecule has 0 saturated carbocycles. The summed E-state index contributed by atoms with van der Waals surface area (Å²) >= 11 is 12.3. The van der Waals surface area contributed by atoms with Crippen molar-refractivity contribution >= 4 is 34.7 Å². The molecule has 0 saturated heterocycles. The van der Waals surface area contributed by atoms with Gasteiger partial charge in [0.2, 0.25) is 5.29 Å². The molecule has 0 spiro atoms. The zero-order chi connectivity index (χ0) is 14.2. The van der Waals surface area contributed by atoms with Gasteiger partial charge >= 0.3 is 0 Å². The van der Waals surface area contributed by atoms with Crippen LogP contribution < -0.4 is 0 Å². The van der Waals surface area contributed by atoms with Crippen molar-refractivity contribution < 1.29 is 0 Å². The van der Waals surface area contributed by atoms with E-state index in [1.54, 1.807) is 6.21 Å². The second-order valence-electron chi connectivity index (χ2n) is 4.71. The maximum atomic E-state index is 6.47. The minimum Gasteiger partial charge on any atom is -0.227 e. The first-order valence-corrected chi connectivity index (χ1v) is 7.00. The van der Waals surface area contributed by atoms with E-state index < -0.39 is 5.00 Å². The standard InChI is InChI=1S/C16H12Cl2N2/c1-11-5-2-3-8-14(11)12-6-4-7-13(9-12)16(18)10-19-15(17)20-16/h2-10H,1H3. The van der Waals surface area contributed by atoms with Crippen LogP contribution in [0.15, 0.2) is 58.5 Å². The molecule has 0 N–H and O–H groups in total. The van der Waals surface area contributed by atoms with E-state index in [2.05, 4.69) is 35.1 Å². The van der Waals surface area contributed by atoms with Crippen molar-refractivity contribution in [1.82, 2.24) is 0 Å². The van der Waals surface area contributed by atoms with Crippen LogP contribution in [-0.4, -0.2) is 11.5 Å². The lowest BCUT2D eigenvalue weighted by Crippen LogP contribution is -2.14. The van der Waals surface area contributed by atoms with E-state index in [-0.39, 0.29) is 5.29 Å². The summed E-state index contributed by atoms with van der Waals surface area (Å²) < 4.78 is 0. The van der Waals surface area contributed by atoms with Gasteiger partial charge in [-0.15, -0.1) is 0 Å². The lowest BCUT2D eigenvalue weighted by molar-refractivity contribution is 0.906. The summed E-state index contributed by atoms with van der Waals surface area (Å²) in [7, 11) is 0. The molecule has 0 fully saturated rings. The highest BCUT2D eigenvalue weighted by Crippen LogP contribution is 2.35. The van der Waals surface area contributed by atoms with Crippen LogP contribution in [0.5, 0.6) is 0 Å². The van der Waals surface area contributed by atoms with Crippen molar-refractivity contribution in [3.05, 3.63) is 59.7 Å². The molecule has 0 aliphatic carbocycles. The molecule has 0 aromatic heterocycles. The van der Waals surface area contributed by atoms with E-state index >= 15 is 0 Å². The number of aryl methyl sites for hydroxylation is 1. The number of hydrogen-bond acceptors (Lipinski definition) is 2. The van der Waals surface area contributed by atoms with Gasteiger partial charge in [-0.1, -0.05) is 54.1 Å². The summed E-state index contributed by atoms with van der Waals surface area (Å²) in [6.45, 7) is 2.09. The highest BCUT2D eigenvalue weighted by Gasteiger charge is 2.31. The first kappa shape index (κ1) is 13.3. The number of halogens is 2. The fourth-order valence-corrected chi connectivity index (χ4v) is 2.74. The number of aliphatic imine (C=N–C) groups is 2. The van der Waals surface area contributed by atoms with Crippen LogP contribution in [0, 0.1) is 6.92 Å². The quantitative estimate of drug-likeness (QED) is 0.566. The molecule has 100 valence electrons. The molecular formula is C16H12Cl2N2. The first-order chi connectivity index (χ1) is 9.58. The summed E-state index contributed by atoms with van der Waals surface area (Å²) in [6, 6.07) is 16.2. The van der Waals surface area contributed by atoms with Crippen LogP contribution >= 0.6 is 23.2 Å². The predicted molar refractivity (Wildman–Crippen MR) is 85.9 cm³/mol. The van der Waals surface area contributed by atoms with Crippen LogP contribution in [0.3, 0.4) is 0 Å². The maximum absolute atomic E-state index is 6.47. The smallest absolute Gasteiger partial charge is 0.219 e. The highest BCUT2D eigenvalue weighted by molar-refractivity contribution is 6.66. The predicted octanol–water partition coefficient (Wildman–Crippen LogP) is 4.73. The van der Waals surface area contributed by atoms with Gasteiger partial charge in [-0.2, -0.15) is 0 Å². The number of rotatable bonds is 2. The van der Waals surface area contributed by atoms with E-state index in [0.29, 0.717) is 0 Å². The van der Waals surface area contributed by atoms with Crippen molar-refractivity contribution in [2.45, 2.75) is 11.9 Å². The van der Waals surface area contributed by atoms with Crippen LogP contribution in [0.1, 0.15) is 11.1 Å². The van der Waals surface area contributed by atoms with E-state index in [1.165, 1.54) is 11.1 Å². The lowest BCUT2D eigenvalue weighted by Gasteiger charge is -2.16. The molecule has 0 bridgehead atoms. The Bertz CT molecular complexity index is 722. The normalized spacial score (nSPS) is 21.1. The second kappa shape index (κ2) is 5.04. The number of amidine groups is 1. The van der Waals surface area contributed by atoms with Gasteiger partial charge in [-0.05, 0) is 41.3 Å². The molecule has 1 unspecified atom stereocenters. The molecule has 2 aromatic rings. The van der Waals surface area contributed by atoms with Crippen LogP contribution in [-0.2, 0) is 5.00 Å². The number of benzene rings is 2. The average Bonchev–Trinajstić information content (AvgIpc) is 2.81. The van der Waals surface area contributed by atoms with Crippen molar-refractivity contribution in [3.8, 4) is 11.1 Å². The minimum absolute atomic E-state index is 0.182. The SMILES string of the molecule is Cc1ccccc1-c1cccc(C2(Cl)C=NC(Cl)=N2)c1. The Kier molecular flexibility index (Phi) is 3.36. The molecule has 1 heterocycles. The zero-order valence-electron chi connectivity index (χ0n) is 10.8. The van der Waals surface area contributed by atoms with Crippen LogP contribution in [0.4, 0.5) is 0 Å². The van der Waals surface area contributed by atoms with E-state index in [9.17, 15) is 0 Å². The van der Waals surface area contributed by atoms with Gasteiger partial charge in [-0.3, -0.25) is 0 Å². The monoisotopic (exact) mass is 302 g/mol. The Morgan fingerprint density at radius 1 is 1.05 bits per heavy atom. The molecule has 1 atom stereocenters. The zero-order valence-corrected chi connectivity index (χ0v) is 12.4. The van der Waals surface area contributed by atoms with Gasteiger partial charge in [0.25, 0.3) is 0 Å². The third-order valence-electron chi connectivity index (χ3n) is 3.32. The molecule has 0 radical (unpaired) electrons. The van der Waals surface area contributed by atoms with Gasteiger partial charge in [-0.25, -0.2) is 9.98 Å². The third-order valence-corrected chi connectivity index (χ3v) is 3.90. The number of alkyl halides is 1. The summed E-state index contributed by atoms with van der Waals surface area (Å²) in [5.74, 6) is 0. The summed E-state index contributed by atoms with van der Waals surface area (Å²) in [6.07, 6.45) is 1.56. The molecule has 1 aliphatic heterocycles. The molecule has 0 amide bonds. The van der Waals surface area contributed by atoms with Crippen LogP contribution in [0.25, 0.3) is 11.1 Å². The number of hydrogen-bond donors (Lipinski definition) is 0. The third kappa shape index (κ3) is 2.37. The first-order valence-electron chi connectivity index (χ1n) is 6.24. The lowest BCUT2D eigenvalue weighted by atomic mass is 9.97. The van der Waals surface area contributed by atoms with Gasteiger partial charge in [0.1, 0.15) is 0 Å². The highest BCUT2D eigenvalue weighted by atomic mass is 35.5. The molecule has 1 aliphatic rings. The molecule has 20 heavy (non-hydrogen) atoms. The minimum atomic E-state index is -0.990. The van der Waals surface area contributed by atoms with E-state index in [4.69, 9.17) is 23.2 Å². The molecular weight excluding hydrogens is 291 g/mol. The Balaban J connectivity index is 2.08. The topological polar surface area (TPSA) is 24.7 Å². The Labute approximate surface area is 127 Å². The number of nitrogens with zero attached hydrogens (tertiary/aromatic N) is 2. The fourth-order valence-electron chi connectivity index (χ4n) is 2.27.